The molecule has 4 atom stereocenters. The summed E-state index contributed by atoms with van der Waals surface area (Å²) >= 11 is 0. The molecular formula is C23H23N5O5. The predicted octanol–water partition coefficient (Wildman–Crippen LogP) is 1.87. The second kappa shape index (κ2) is 9.67. The second-order valence-electron chi connectivity index (χ2n) is 7.47. The Bertz CT molecular complexity index is 1190. The minimum absolute atomic E-state index is 0.452. The van der Waals surface area contributed by atoms with Gasteiger partial charge in [0, 0.05) is 20.4 Å². The maximum absolute atomic E-state index is 11.8. The number of nitrogens with zero attached hydrogens (tertiary/aromatic N) is 4. The molecule has 0 aliphatic carbocycles. The van der Waals surface area contributed by atoms with Gasteiger partial charge in [0.15, 0.2) is 41.5 Å². The minimum atomic E-state index is -0.977. The van der Waals surface area contributed by atoms with Gasteiger partial charge in [-0.2, -0.15) is 0 Å². The fraction of sp³-hybridized carbons (Fsp3) is 0.348. The summed E-state index contributed by atoms with van der Waals surface area (Å²) in [4.78, 5) is 36.4. The molecule has 2 aromatic heterocycles. The van der Waals surface area contributed by atoms with Crippen LogP contribution in [-0.2, 0) is 30.2 Å². The number of hydrogen-bond donors (Lipinski definition) is 1. The molecule has 10 heteroatoms. The predicted molar refractivity (Wildman–Crippen MR) is 118 cm³/mol. The van der Waals surface area contributed by atoms with Crippen molar-refractivity contribution in [3.8, 4) is 12.3 Å². The molecule has 3 heterocycles. The van der Waals surface area contributed by atoms with Crippen molar-refractivity contribution >= 4 is 28.9 Å². The normalized spacial score (nSPS) is 22.0. The fourth-order valence-electron chi connectivity index (χ4n) is 3.77. The van der Waals surface area contributed by atoms with E-state index in [4.69, 9.17) is 20.6 Å². The zero-order chi connectivity index (χ0) is 23.4. The largest absolute Gasteiger partial charge is 0.455 e. The lowest BCUT2D eigenvalue weighted by molar-refractivity contribution is -0.165. The van der Waals surface area contributed by atoms with Crippen molar-refractivity contribution in [1.29, 1.82) is 0 Å². The molecule has 170 valence electrons. The van der Waals surface area contributed by atoms with Gasteiger partial charge in [0.25, 0.3) is 0 Å². The highest BCUT2D eigenvalue weighted by molar-refractivity contribution is 5.82. The van der Waals surface area contributed by atoms with E-state index in [-0.39, 0.29) is 0 Å². The Labute approximate surface area is 190 Å². The van der Waals surface area contributed by atoms with Gasteiger partial charge in [0.1, 0.15) is 6.33 Å². The monoisotopic (exact) mass is 449 g/mol. The number of hydrogen-bond acceptors (Lipinski definition) is 9. The van der Waals surface area contributed by atoms with Crippen LogP contribution in [0.2, 0.25) is 0 Å². The first-order valence-electron chi connectivity index (χ1n) is 10.4. The number of esters is 2. The number of carbonyl (C=O) groups is 2. The molecule has 0 spiro atoms. The molecule has 0 bridgehead atoms. The van der Waals surface area contributed by atoms with E-state index in [9.17, 15) is 9.59 Å². The Morgan fingerprint density at radius 1 is 1.12 bits per heavy atom. The van der Waals surface area contributed by atoms with Crippen LogP contribution in [0.5, 0.6) is 0 Å². The van der Waals surface area contributed by atoms with Crippen LogP contribution in [-0.4, -0.2) is 56.3 Å². The summed E-state index contributed by atoms with van der Waals surface area (Å²) < 4.78 is 18.3. The smallest absolute Gasteiger partial charge is 0.303 e. The van der Waals surface area contributed by atoms with Crippen LogP contribution in [0.1, 0.15) is 25.6 Å². The number of fused-ring (bicyclic) bond motifs is 1. The van der Waals surface area contributed by atoms with Crippen LogP contribution < -0.4 is 5.32 Å². The second-order valence-corrected chi connectivity index (χ2v) is 7.47. The van der Waals surface area contributed by atoms with Crippen molar-refractivity contribution in [2.24, 2.45) is 0 Å². The molecule has 1 aliphatic heterocycles. The summed E-state index contributed by atoms with van der Waals surface area (Å²) in [6.07, 6.45) is 5.55. The molecular weight excluding hydrogens is 426 g/mol. The molecule has 0 saturated carbocycles. The average Bonchev–Trinajstić information content (AvgIpc) is 3.36. The van der Waals surface area contributed by atoms with Crippen LogP contribution in [0.25, 0.3) is 11.2 Å². The number of carbonyl (C=O) groups excluding carboxylic acids is 2. The third-order valence-electron chi connectivity index (χ3n) is 5.14. The SMILES string of the molecule is C#CC1OC(n2cnc3c(NCCc4ccccc4)ncnc32)C(OC(C)=O)C1OC(C)=O. The van der Waals surface area contributed by atoms with E-state index < -0.39 is 36.5 Å². The van der Waals surface area contributed by atoms with Gasteiger partial charge in [-0.25, -0.2) is 15.0 Å². The third-order valence-corrected chi connectivity index (χ3v) is 5.14. The van der Waals surface area contributed by atoms with Gasteiger partial charge in [0.05, 0.1) is 6.33 Å². The van der Waals surface area contributed by atoms with Crippen molar-refractivity contribution < 1.29 is 23.8 Å². The number of rotatable bonds is 7. The summed E-state index contributed by atoms with van der Waals surface area (Å²) in [5.41, 5.74) is 2.17. The highest BCUT2D eigenvalue weighted by Gasteiger charge is 2.50. The Morgan fingerprint density at radius 2 is 1.85 bits per heavy atom. The first-order chi connectivity index (χ1) is 16.0. The lowest BCUT2D eigenvalue weighted by Gasteiger charge is -2.23. The summed E-state index contributed by atoms with van der Waals surface area (Å²) in [6.45, 7) is 3.15. The van der Waals surface area contributed by atoms with Crippen LogP contribution in [0.15, 0.2) is 43.0 Å². The fourth-order valence-corrected chi connectivity index (χ4v) is 3.77. The summed E-state index contributed by atoms with van der Waals surface area (Å²) in [7, 11) is 0. The van der Waals surface area contributed by atoms with Crippen molar-refractivity contribution in [2.45, 2.75) is 44.8 Å². The number of imidazole rings is 1. The Morgan fingerprint density at radius 3 is 2.55 bits per heavy atom. The van der Waals surface area contributed by atoms with Gasteiger partial charge >= 0.3 is 11.9 Å². The van der Waals surface area contributed by atoms with Gasteiger partial charge in [-0.05, 0) is 12.0 Å². The van der Waals surface area contributed by atoms with Crippen molar-refractivity contribution in [2.75, 3.05) is 11.9 Å². The summed E-state index contributed by atoms with van der Waals surface area (Å²) in [6, 6.07) is 10.1. The number of terminal acetylenes is 1. The molecule has 4 rings (SSSR count). The lowest BCUT2D eigenvalue weighted by Crippen LogP contribution is -2.38. The molecule has 4 unspecified atom stereocenters. The first-order valence-corrected chi connectivity index (χ1v) is 10.4. The molecule has 10 nitrogen and oxygen atoms in total. The van der Waals surface area contributed by atoms with E-state index in [2.05, 4.69) is 38.3 Å². The summed E-state index contributed by atoms with van der Waals surface area (Å²) in [5, 5.41) is 3.28. The minimum Gasteiger partial charge on any atom is -0.455 e. The Hall–Kier alpha value is -3.97. The third kappa shape index (κ3) is 4.78. The number of anilines is 1. The molecule has 1 aliphatic rings. The molecule has 1 saturated heterocycles. The highest BCUT2D eigenvalue weighted by Crippen LogP contribution is 2.35. The van der Waals surface area contributed by atoms with E-state index in [1.807, 2.05) is 18.2 Å². The molecule has 0 radical (unpaired) electrons. The maximum Gasteiger partial charge on any atom is 0.303 e. The van der Waals surface area contributed by atoms with Gasteiger partial charge in [-0.3, -0.25) is 14.2 Å². The first kappa shape index (κ1) is 22.2. The molecule has 0 amide bonds. The maximum atomic E-state index is 11.8. The average molecular weight is 449 g/mol. The molecule has 3 aromatic rings. The number of aromatic nitrogens is 4. The molecule has 33 heavy (non-hydrogen) atoms. The number of benzene rings is 1. The van der Waals surface area contributed by atoms with E-state index in [0.29, 0.717) is 23.5 Å². The Kier molecular flexibility index (Phi) is 6.51. The van der Waals surface area contributed by atoms with E-state index in [1.54, 1.807) is 4.57 Å². The van der Waals surface area contributed by atoms with Gasteiger partial charge in [-0.15, -0.1) is 6.42 Å². The lowest BCUT2D eigenvalue weighted by atomic mass is 10.1. The van der Waals surface area contributed by atoms with E-state index in [1.165, 1.54) is 32.1 Å². The molecule has 1 fully saturated rings. The van der Waals surface area contributed by atoms with Crippen LogP contribution in [0.3, 0.4) is 0 Å². The van der Waals surface area contributed by atoms with Crippen molar-refractivity contribution in [3.63, 3.8) is 0 Å². The molecule has 1 N–H and O–H groups in total. The van der Waals surface area contributed by atoms with Gasteiger partial charge in [0.2, 0.25) is 0 Å². The van der Waals surface area contributed by atoms with E-state index >= 15 is 0 Å². The van der Waals surface area contributed by atoms with Crippen molar-refractivity contribution in [1.82, 2.24) is 19.5 Å². The summed E-state index contributed by atoms with van der Waals surface area (Å²) in [5.74, 6) is 1.88. The highest BCUT2D eigenvalue weighted by atomic mass is 16.6. The van der Waals surface area contributed by atoms with Crippen LogP contribution in [0, 0.1) is 12.3 Å². The quantitative estimate of drug-likeness (QED) is 0.426. The zero-order valence-corrected chi connectivity index (χ0v) is 18.2. The van der Waals surface area contributed by atoms with E-state index in [0.717, 1.165) is 6.42 Å². The standard InChI is InChI=1S/C23H23N5O5/c1-4-17-19(31-14(2)29)20(32-15(3)30)23(33-17)28-13-27-18-21(25-12-26-22(18)28)24-11-10-16-8-6-5-7-9-16/h1,5-9,12-13,17,19-20,23H,10-11H2,2-3H3,(H,24,25,26). The van der Waals surface area contributed by atoms with Crippen molar-refractivity contribution in [3.05, 3.63) is 48.5 Å². The number of nitrogens with one attached hydrogen (secondary N) is 1. The van der Waals surface area contributed by atoms with Gasteiger partial charge < -0.3 is 19.5 Å². The molecule has 1 aromatic carbocycles. The topological polar surface area (TPSA) is 117 Å². The van der Waals surface area contributed by atoms with Crippen LogP contribution >= 0.6 is 0 Å². The van der Waals surface area contributed by atoms with Gasteiger partial charge in [-0.1, -0.05) is 36.3 Å². The zero-order valence-electron chi connectivity index (χ0n) is 18.2. The number of ether oxygens (including phenoxy) is 3. The van der Waals surface area contributed by atoms with Crippen LogP contribution in [0.4, 0.5) is 5.82 Å². The Balaban J connectivity index is 1.60.